The lowest BCUT2D eigenvalue weighted by molar-refractivity contribution is -0.127. The predicted molar refractivity (Wildman–Crippen MR) is 63.7 cm³/mol. The van der Waals surface area contributed by atoms with Gasteiger partial charge in [-0.3, -0.25) is 4.79 Å². The second kappa shape index (κ2) is 5.10. The maximum Gasteiger partial charge on any atom is 0.163 e. The molecule has 1 aromatic heterocycles. The molecule has 1 heterocycles. The van der Waals surface area contributed by atoms with Crippen LogP contribution in [0, 0.1) is 0 Å². The summed E-state index contributed by atoms with van der Waals surface area (Å²) in [7, 11) is 0. The highest BCUT2D eigenvalue weighted by atomic mass is 35.5. The van der Waals surface area contributed by atoms with E-state index in [1.807, 2.05) is 26.8 Å². The Morgan fingerprint density at radius 1 is 1.47 bits per heavy atom. The van der Waals surface area contributed by atoms with E-state index in [0.29, 0.717) is 6.42 Å². The molecule has 0 aliphatic heterocycles. The van der Waals surface area contributed by atoms with Gasteiger partial charge in [0.2, 0.25) is 0 Å². The van der Waals surface area contributed by atoms with Gasteiger partial charge >= 0.3 is 0 Å². The van der Waals surface area contributed by atoms with Crippen molar-refractivity contribution in [2.24, 2.45) is 0 Å². The van der Waals surface area contributed by atoms with Gasteiger partial charge in [-0.15, -0.1) is 11.3 Å². The fourth-order valence-corrected chi connectivity index (χ4v) is 2.11. The standard InChI is InChI=1S/C11H15ClO2S/c1-11(2,3)14-7-8(13)6-9-4-5-10(12)15-9/h4-5H,6-7H2,1-3H3. The quantitative estimate of drug-likeness (QED) is 0.815. The van der Waals surface area contributed by atoms with Gasteiger partial charge in [-0.1, -0.05) is 11.6 Å². The van der Waals surface area contributed by atoms with Crippen molar-refractivity contribution >= 4 is 28.7 Å². The monoisotopic (exact) mass is 246 g/mol. The number of rotatable bonds is 4. The topological polar surface area (TPSA) is 26.3 Å². The fraction of sp³-hybridized carbons (Fsp3) is 0.545. The molecule has 0 bridgehead atoms. The van der Waals surface area contributed by atoms with Crippen LogP contribution in [0.2, 0.25) is 4.34 Å². The summed E-state index contributed by atoms with van der Waals surface area (Å²) in [5, 5.41) is 0. The lowest BCUT2D eigenvalue weighted by Crippen LogP contribution is -2.24. The van der Waals surface area contributed by atoms with E-state index < -0.39 is 0 Å². The summed E-state index contributed by atoms with van der Waals surface area (Å²) in [6.07, 6.45) is 0.410. The molecule has 1 rings (SSSR count). The molecular formula is C11H15ClO2S. The molecule has 4 heteroatoms. The van der Waals surface area contributed by atoms with Gasteiger partial charge in [0.1, 0.15) is 6.61 Å². The number of Topliss-reactive ketones (excluding diaryl/α,β-unsaturated/α-hetero) is 1. The minimum Gasteiger partial charge on any atom is -0.368 e. The Morgan fingerprint density at radius 3 is 2.60 bits per heavy atom. The van der Waals surface area contributed by atoms with Crippen LogP contribution in [0.25, 0.3) is 0 Å². The van der Waals surface area contributed by atoms with Crippen LogP contribution in [0.3, 0.4) is 0 Å². The van der Waals surface area contributed by atoms with Crippen molar-refractivity contribution in [3.8, 4) is 0 Å². The molecule has 0 unspecified atom stereocenters. The molecule has 0 aromatic carbocycles. The minimum atomic E-state index is -0.261. The first-order valence-electron chi connectivity index (χ1n) is 4.77. The average Bonchev–Trinajstić information content (AvgIpc) is 2.47. The number of thiophene rings is 1. The Labute approximate surface area is 99.2 Å². The lowest BCUT2D eigenvalue weighted by Gasteiger charge is -2.18. The first kappa shape index (κ1) is 12.7. The molecule has 0 fully saturated rings. The van der Waals surface area contributed by atoms with Crippen LogP contribution in [0.5, 0.6) is 0 Å². The number of carbonyl (C=O) groups is 1. The number of hydrogen-bond acceptors (Lipinski definition) is 3. The molecule has 2 nitrogen and oxygen atoms in total. The summed E-state index contributed by atoms with van der Waals surface area (Å²) in [4.78, 5) is 12.5. The number of halogens is 1. The normalized spacial score (nSPS) is 11.7. The highest BCUT2D eigenvalue weighted by Gasteiger charge is 2.13. The number of carbonyl (C=O) groups excluding carboxylic acids is 1. The van der Waals surface area contributed by atoms with Gasteiger partial charge in [-0.2, -0.15) is 0 Å². The van der Waals surface area contributed by atoms with Crippen molar-refractivity contribution in [3.05, 3.63) is 21.3 Å². The smallest absolute Gasteiger partial charge is 0.163 e. The maximum atomic E-state index is 11.5. The molecule has 0 amide bonds. The van der Waals surface area contributed by atoms with Crippen molar-refractivity contribution in [1.29, 1.82) is 0 Å². The molecule has 15 heavy (non-hydrogen) atoms. The summed E-state index contributed by atoms with van der Waals surface area (Å²) in [5.41, 5.74) is -0.261. The van der Waals surface area contributed by atoms with E-state index in [1.54, 1.807) is 6.07 Å². The Hall–Kier alpha value is -0.380. The van der Waals surface area contributed by atoms with Gasteiger partial charge in [0.05, 0.1) is 9.94 Å². The molecule has 84 valence electrons. The van der Waals surface area contributed by atoms with E-state index >= 15 is 0 Å². The van der Waals surface area contributed by atoms with E-state index in [9.17, 15) is 4.79 Å². The summed E-state index contributed by atoms with van der Waals surface area (Å²) in [5.74, 6) is 0.0865. The van der Waals surface area contributed by atoms with E-state index in [2.05, 4.69) is 0 Å². The Bertz CT molecular complexity index is 339. The first-order chi connectivity index (χ1) is 6.87. The van der Waals surface area contributed by atoms with Gasteiger partial charge in [0.15, 0.2) is 5.78 Å². The highest BCUT2D eigenvalue weighted by molar-refractivity contribution is 7.16. The van der Waals surface area contributed by atoms with E-state index in [0.717, 1.165) is 9.21 Å². The zero-order valence-electron chi connectivity index (χ0n) is 9.17. The minimum absolute atomic E-state index is 0.0865. The molecule has 0 atom stereocenters. The number of ketones is 1. The zero-order valence-corrected chi connectivity index (χ0v) is 10.7. The van der Waals surface area contributed by atoms with Gasteiger partial charge in [0, 0.05) is 11.3 Å². The molecule has 0 spiro atoms. The Morgan fingerprint density at radius 2 is 2.13 bits per heavy atom. The SMILES string of the molecule is CC(C)(C)OCC(=O)Cc1ccc(Cl)s1. The van der Waals surface area contributed by atoms with Crippen LogP contribution in [0.1, 0.15) is 25.6 Å². The maximum absolute atomic E-state index is 11.5. The lowest BCUT2D eigenvalue weighted by atomic mass is 10.2. The van der Waals surface area contributed by atoms with E-state index in [1.165, 1.54) is 11.3 Å². The van der Waals surface area contributed by atoms with Gasteiger partial charge < -0.3 is 4.74 Å². The number of hydrogen-bond donors (Lipinski definition) is 0. The molecule has 0 N–H and O–H groups in total. The summed E-state index contributed by atoms with van der Waals surface area (Å²) < 4.78 is 6.11. The zero-order chi connectivity index (χ0) is 11.5. The Kier molecular flexibility index (Phi) is 4.32. The second-order valence-electron chi connectivity index (χ2n) is 4.32. The molecule has 1 aromatic rings. The predicted octanol–water partition coefficient (Wildman–Crippen LogP) is 3.33. The van der Waals surface area contributed by atoms with Gasteiger partial charge in [0.25, 0.3) is 0 Å². The largest absolute Gasteiger partial charge is 0.368 e. The Balaban J connectivity index is 2.37. The molecule has 0 aliphatic carbocycles. The molecule has 0 radical (unpaired) electrons. The van der Waals surface area contributed by atoms with Crippen LogP contribution < -0.4 is 0 Å². The summed E-state index contributed by atoms with van der Waals surface area (Å²) in [6.45, 7) is 5.96. The number of ether oxygens (including phenoxy) is 1. The van der Waals surface area contributed by atoms with Gasteiger partial charge in [-0.05, 0) is 32.9 Å². The van der Waals surface area contributed by atoms with E-state index in [-0.39, 0.29) is 18.0 Å². The van der Waals surface area contributed by atoms with Crippen molar-refractivity contribution in [2.75, 3.05) is 6.61 Å². The van der Waals surface area contributed by atoms with Crippen molar-refractivity contribution in [3.63, 3.8) is 0 Å². The summed E-state index contributed by atoms with van der Waals surface area (Å²) >= 11 is 7.21. The molecule has 0 aliphatic rings. The van der Waals surface area contributed by atoms with Crippen LogP contribution in [0.15, 0.2) is 12.1 Å². The van der Waals surface area contributed by atoms with Gasteiger partial charge in [-0.25, -0.2) is 0 Å². The first-order valence-corrected chi connectivity index (χ1v) is 5.96. The molecular weight excluding hydrogens is 232 g/mol. The third kappa shape index (κ3) is 5.30. The molecule has 0 saturated carbocycles. The van der Waals surface area contributed by atoms with Crippen LogP contribution >= 0.6 is 22.9 Å². The average molecular weight is 247 g/mol. The van der Waals surface area contributed by atoms with Crippen molar-refractivity contribution in [2.45, 2.75) is 32.8 Å². The van der Waals surface area contributed by atoms with E-state index in [4.69, 9.17) is 16.3 Å². The van der Waals surface area contributed by atoms with Crippen LogP contribution in [-0.4, -0.2) is 18.0 Å². The highest BCUT2D eigenvalue weighted by Crippen LogP contribution is 2.22. The van der Waals surface area contributed by atoms with Crippen molar-refractivity contribution in [1.82, 2.24) is 0 Å². The van der Waals surface area contributed by atoms with Crippen molar-refractivity contribution < 1.29 is 9.53 Å². The third-order valence-corrected chi connectivity index (χ3v) is 2.90. The molecule has 0 saturated heterocycles. The van der Waals surface area contributed by atoms with Crippen LogP contribution in [0.4, 0.5) is 0 Å². The fourth-order valence-electron chi connectivity index (χ4n) is 0.989. The third-order valence-electron chi connectivity index (χ3n) is 1.67. The van der Waals surface area contributed by atoms with Crippen LogP contribution in [-0.2, 0) is 16.0 Å². The second-order valence-corrected chi connectivity index (χ2v) is 6.12. The summed E-state index contributed by atoms with van der Waals surface area (Å²) in [6, 6.07) is 3.68.